The molecule has 0 saturated heterocycles. The number of carboxylic acid groups (broad SMARTS) is 1. The predicted molar refractivity (Wildman–Crippen MR) is 73.1 cm³/mol. The third-order valence-electron chi connectivity index (χ3n) is 2.37. The average Bonchev–Trinajstić information content (AvgIpc) is 2.72. The third-order valence-corrected chi connectivity index (χ3v) is 3.21. The van der Waals surface area contributed by atoms with Crippen molar-refractivity contribution in [3.05, 3.63) is 18.0 Å². The minimum atomic E-state index is -1.12. The highest BCUT2D eigenvalue weighted by molar-refractivity contribution is 7.98. The quantitative estimate of drug-likeness (QED) is 0.711. The number of aryl methyl sites for hydroxylation is 1. The summed E-state index contributed by atoms with van der Waals surface area (Å²) >= 11 is 1.60. The van der Waals surface area contributed by atoms with Gasteiger partial charge in [0.25, 0.3) is 0 Å². The topological polar surface area (TPSA) is 96.2 Å². The second-order valence-corrected chi connectivity index (χ2v) is 5.10. The van der Waals surface area contributed by atoms with Crippen LogP contribution in [0.2, 0.25) is 0 Å². The van der Waals surface area contributed by atoms with Crippen LogP contribution >= 0.6 is 11.8 Å². The molecule has 0 aliphatic rings. The Bertz CT molecular complexity index is 449. The Hall–Kier alpha value is -1.70. The van der Waals surface area contributed by atoms with Gasteiger partial charge in [-0.25, -0.2) is 9.59 Å². The standard InChI is InChI=1S/C11H18N4O3S/c1-7(6-19-3)13-11(18)14-9(10(16)17)8-4-12-15(2)5-8/h4-5,7,9H,6H2,1-3H3,(H,16,17)(H2,13,14,18). The van der Waals surface area contributed by atoms with Gasteiger partial charge in [-0.05, 0) is 13.2 Å². The number of carbonyl (C=O) groups is 2. The fourth-order valence-electron chi connectivity index (χ4n) is 1.57. The lowest BCUT2D eigenvalue weighted by Crippen LogP contribution is -2.45. The van der Waals surface area contributed by atoms with Crippen molar-refractivity contribution in [3.63, 3.8) is 0 Å². The zero-order chi connectivity index (χ0) is 14.4. The van der Waals surface area contributed by atoms with Crippen molar-refractivity contribution in [3.8, 4) is 0 Å². The Labute approximate surface area is 115 Å². The van der Waals surface area contributed by atoms with E-state index in [1.807, 2.05) is 13.2 Å². The Morgan fingerprint density at radius 2 is 2.21 bits per heavy atom. The molecule has 1 heterocycles. The second kappa shape index (κ2) is 7.03. The Kier molecular flexibility index (Phi) is 5.68. The van der Waals surface area contributed by atoms with Gasteiger partial charge in [0.2, 0.25) is 0 Å². The van der Waals surface area contributed by atoms with Crippen LogP contribution in [-0.2, 0) is 11.8 Å². The van der Waals surface area contributed by atoms with Gasteiger partial charge < -0.3 is 15.7 Å². The second-order valence-electron chi connectivity index (χ2n) is 4.19. The number of hydrogen-bond acceptors (Lipinski definition) is 4. The number of aliphatic carboxylic acids is 1. The molecule has 2 unspecified atom stereocenters. The monoisotopic (exact) mass is 286 g/mol. The molecule has 8 heteroatoms. The van der Waals surface area contributed by atoms with E-state index in [4.69, 9.17) is 5.11 Å². The van der Waals surface area contributed by atoms with E-state index in [0.29, 0.717) is 5.56 Å². The lowest BCUT2D eigenvalue weighted by molar-refractivity contribution is -0.139. The molecule has 1 aromatic heterocycles. The molecule has 2 amide bonds. The number of nitrogens with zero attached hydrogens (tertiary/aromatic N) is 2. The zero-order valence-electron chi connectivity index (χ0n) is 11.1. The van der Waals surface area contributed by atoms with Gasteiger partial charge in [-0.1, -0.05) is 0 Å². The van der Waals surface area contributed by atoms with Crippen LogP contribution in [0.5, 0.6) is 0 Å². The van der Waals surface area contributed by atoms with Crippen molar-refractivity contribution in [2.75, 3.05) is 12.0 Å². The average molecular weight is 286 g/mol. The van der Waals surface area contributed by atoms with Crippen LogP contribution in [0.4, 0.5) is 4.79 Å². The number of urea groups is 1. The summed E-state index contributed by atoms with van der Waals surface area (Å²) in [5.74, 6) is -0.362. The maximum atomic E-state index is 11.7. The highest BCUT2D eigenvalue weighted by atomic mass is 32.2. The first-order valence-electron chi connectivity index (χ1n) is 5.71. The number of amides is 2. The van der Waals surface area contributed by atoms with Gasteiger partial charge in [-0.3, -0.25) is 4.68 Å². The zero-order valence-corrected chi connectivity index (χ0v) is 11.9. The lowest BCUT2D eigenvalue weighted by atomic mass is 10.1. The molecule has 0 radical (unpaired) electrons. The van der Waals surface area contributed by atoms with E-state index >= 15 is 0 Å². The number of aromatic nitrogens is 2. The summed E-state index contributed by atoms with van der Waals surface area (Å²) in [6.45, 7) is 1.86. The third kappa shape index (κ3) is 4.82. The molecular weight excluding hydrogens is 268 g/mol. The van der Waals surface area contributed by atoms with E-state index in [1.54, 1.807) is 25.0 Å². The van der Waals surface area contributed by atoms with Crippen LogP contribution in [0.1, 0.15) is 18.5 Å². The van der Waals surface area contributed by atoms with Crippen molar-refractivity contribution in [2.24, 2.45) is 7.05 Å². The summed E-state index contributed by atoms with van der Waals surface area (Å²) in [5, 5.41) is 18.1. The number of hydrogen-bond donors (Lipinski definition) is 3. The smallest absolute Gasteiger partial charge is 0.331 e. The van der Waals surface area contributed by atoms with E-state index in [1.165, 1.54) is 10.9 Å². The van der Waals surface area contributed by atoms with Crippen LogP contribution in [0.3, 0.4) is 0 Å². The molecule has 0 saturated carbocycles. The largest absolute Gasteiger partial charge is 0.479 e. The molecule has 2 atom stereocenters. The normalized spacial score (nSPS) is 13.6. The van der Waals surface area contributed by atoms with Crippen LogP contribution in [0.25, 0.3) is 0 Å². The van der Waals surface area contributed by atoms with Crippen molar-refractivity contribution in [1.29, 1.82) is 0 Å². The maximum absolute atomic E-state index is 11.7. The molecule has 1 rings (SSSR count). The molecular formula is C11H18N4O3S. The SMILES string of the molecule is CSCC(C)NC(=O)NC(C(=O)O)c1cnn(C)c1. The minimum absolute atomic E-state index is 0.0293. The molecule has 7 nitrogen and oxygen atoms in total. The molecule has 3 N–H and O–H groups in total. The summed E-state index contributed by atoms with van der Waals surface area (Å²) < 4.78 is 1.49. The number of carboxylic acids is 1. The van der Waals surface area contributed by atoms with Crippen molar-refractivity contribution >= 4 is 23.8 Å². The van der Waals surface area contributed by atoms with Crippen LogP contribution in [-0.4, -0.2) is 44.9 Å². The van der Waals surface area contributed by atoms with Crippen LogP contribution < -0.4 is 10.6 Å². The molecule has 0 aliphatic heterocycles. The molecule has 0 aromatic carbocycles. The Morgan fingerprint density at radius 3 is 2.68 bits per heavy atom. The molecule has 0 bridgehead atoms. The Balaban J connectivity index is 2.64. The van der Waals surface area contributed by atoms with Crippen LogP contribution in [0, 0.1) is 0 Å². The highest BCUT2D eigenvalue weighted by Gasteiger charge is 2.23. The number of nitrogens with one attached hydrogen (secondary N) is 2. The number of rotatable bonds is 6. The summed E-state index contributed by atoms with van der Waals surface area (Å²) in [4.78, 5) is 22.9. The van der Waals surface area contributed by atoms with Crippen LogP contribution in [0.15, 0.2) is 12.4 Å². The van der Waals surface area contributed by atoms with E-state index in [-0.39, 0.29) is 6.04 Å². The first-order valence-corrected chi connectivity index (χ1v) is 7.10. The van der Waals surface area contributed by atoms with Gasteiger partial charge in [0, 0.05) is 30.6 Å². The van der Waals surface area contributed by atoms with E-state index in [2.05, 4.69) is 15.7 Å². The molecule has 0 spiro atoms. The van der Waals surface area contributed by atoms with Gasteiger partial charge in [-0.2, -0.15) is 16.9 Å². The molecule has 106 valence electrons. The first kappa shape index (κ1) is 15.4. The summed E-state index contributed by atoms with van der Waals surface area (Å²) in [7, 11) is 1.68. The summed E-state index contributed by atoms with van der Waals surface area (Å²) in [6, 6.07) is -1.63. The van der Waals surface area contributed by atoms with Crippen molar-refractivity contribution in [2.45, 2.75) is 19.0 Å². The highest BCUT2D eigenvalue weighted by Crippen LogP contribution is 2.11. The number of thioether (sulfide) groups is 1. The fourth-order valence-corrected chi connectivity index (χ4v) is 2.15. The molecule has 19 heavy (non-hydrogen) atoms. The summed E-state index contributed by atoms with van der Waals surface area (Å²) in [6.07, 6.45) is 4.92. The fraction of sp³-hybridized carbons (Fsp3) is 0.545. The van der Waals surface area contributed by atoms with E-state index in [0.717, 1.165) is 5.75 Å². The van der Waals surface area contributed by atoms with Crippen molar-refractivity contribution < 1.29 is 14.7 Å². The Morgan fingerprint density at radius 1 is 1.53 bits per heavy atom. The predicted octanol–water partition coefficient (Wildman–Crippen LogP) is 0.596. The van der Waals surface area contributed by atoms with E-state index < -0.39 is 18.0 Å². The maximum Gasteiger partial charge on any atom is 0.331 e. The van der Waals surface area contributed by atoms with Crippen molar-refractivity contribution in [1.82, 2.24) is 20.4 Å². The van der Waals surface area contributed by atoms with E-state index in [9.17, 15) is 9.59 Å². The summed E-state index contributed by atoms with van der Waals surface area (Å²) in [5.41, 5.74) is 0.433. The van der Waals surface area contributed by atoms with Gasteiger partial charge in [0.1, 0.15) is 0 Å². The molecule has 0 fully saturated rings. The van der Waals surface area contributed by atoms with Gasteiger partial charge in [0.15, 0.2) is 6.04 Å². The first-order chi connectivity index (χ1) is 8.93. The molecule has 1 aromatic rings. The van der Waals surface area contributed by atoms with Gasteiger partial charge >= 0.3 is 12.0 Å². The van der Waals surface area contributed by atoms with Gasteiger partial charge in [-0.15, -0.1) is 0 Å². The number of carbonyl (C=O) groups excluding carboxylic acids is 1. The minimum Gasteiger partial charge on any atom is -0.479 e. The molecule has 0 aliphatic carbocycles. The van der Waals surface area contributed by atoms with Gasteiger partial charge in [0.05, 0.1) is 6.20 Å². The lowest BCUT2D eigenvalue weighted by Gasteiger charge is -2.17.